The van der Waals surface area contributed by atoms with Crippen molar-refractivity contribution >= 4 is 5.69 Å². The number of halogens is 1. The van der Waals surface area contributed by atoms with Crippen molar-refractivity contribution in [1.29, 1.82) is 0 Å². The zero-order chi connectivity index (χ0) is 14.1. The fourth-order valence-corrected chi connectivity index (χ4v) is 1.53. The standard InChI is InChI=1S/C14H22FNO3/c1-3-4-7-19-10-12(17)9-16-11-5-6-13(15)14(8-11)18-2/h5-6,8,12,16-17H,3-4,7,9-10H2,1-2H3. The van der Waals surface area contributed by atoms with E-state index < -0.39 is 11.9 Å². The van der Waals surface area contributed by atoms with Crippen LogP contribution >= 0.6 is 0 Å². The number of rotatable bonds is 9. The number of hydrogen-bond donors (Lipinski definition) is 2. The summed E-state index contributed by atoms with van der Waals surface area (Å²) < 4.78 is 23.4. The Kier molecular flexibility index (Phi) is 7.22. The van der Waals surface area contributed by atoms with E-state index in [9.17, 15) is 9.50 Å². The second-order valence-electron chi connectivity index (χ2n) is 4.31. The van der Waals surface area contributed by atoms with E-state index in [1.165, 1.54) is 13.2 Å². The number of ether oxygens (including phenoxy) is 2. The van der Waals surface area contributed by atoms with Crippen LogP contribution in [0.5, 0.6) is 5.75 Å². The summed E-state index contributed by atoms with van der Waals surface area (Å²) >= 11 is 0. The van der Waals surface area contributed by atoms with Crippen molar-refractivity contribution in [3.8, 4) is 5.75 Å². The van der Waals surface area contributed by atoms with Gasteiger partial charge >= 0.3 is 0 Å². The molecule has 0 aliphatic rings. The van der Waals surface area contributed by atoms with Crippen molar-refractivity contribution < 1.29 is 19.0 Å². The number of nitrogens with one attached hydrogen (secondary N) is 1. The molecule has 0 radical (unpaired) electrons. The predicted octanol–water partition coefficient (Wildman–Crippen LogP) is 2.42. The molecule has 0 aromatic heterocycles. The van der Waals surface area contributed by atoms with Gasteiger partial charge in [0.15, 0.2) is 11.6 Å². The average molecular weight is 271 g/mol. The van der Waals surface area contributed by atoms with E-state index in [1.54, 1.807) is 12.1 Å². The van der Waals surface area contributed by atoms with Crippen molar-refractivity contribution in [2.75, 3.05) is 32.2 Å². The summed E-state index contributed by atoms with van der Waals surface area (Å²) in [5.74, 6) is -0.227. The fraction of sp³-hybridized carbons (Fsp3) is 0.571. The second kappa shape index (κ2) is 8.72. The minimum atomic E-state index is -0.590. The molecule has 0 saturated heterocycles. The highest BCUT2D eigenvalue weighted by Gasteiger charge is 2.06. The highest BCUT2D eigenvalue weighted by atomic mass is 19.1. The molecule has 108 valence electrons. The number of methoxy groups -OCH3 is 1. The lowest BCUT2D eigenvalue weighted by atomic mass is 10.2. The monoisotopic (exact) mass is 271 g/mol. The third-order valence-electron chi connectivity index (χ3n) is 2.65. The van der Waals surface area contributed by atoms with Crippen LogP contribution in [0.3, 0.4) is 0 Å². The molecule has 1 unspecified atom stereocenters. The van der Waals surface area contributed by atoms with Crippen molar-refractivity contribution in [2.24, 2.45) is 0 Å². The molecule has 0 bridgehead atoms. The molecule has 1 atom stereocenters. The number of anilines is 1. The summed E-state index contributed by atoms with van der Waals surface area (Å²) in [6.45, 7) is 3.40. The maximum absolute atomic E-state index is 13.2. The van der Waals surface area contributed by atoms with Crippen LogP contribution in [0.1, 0.15) is 19.8 Å². The highest BCUT2D eigenvalue weighted by Crippen LogP contribution is 2.21. The lowest BCUT2D eigenvalue weighted by Gasteiger charge is -2.14. The van der Waals surface area contributed by atoms with Gasteiger partial charge in [0, 0.05) is 24.9 Å². The Morgan fingerprint density at radius 3 is 2.89 bits per heavy atom. The lowest BCUT2D eigenvalue weighted by molar-refractivity contribution is 0.0422. The van der Waals surface area contributed by atoms with E-state index in [2.05, 4.69) is 12.2 Å². The van der Waals surface area contributed by atoms with Gasteiger partial charge in [-0.2, -0.15) is 0 Å². The van der Waals surface area contributed by atoms with Gasteiger partial charge in [-0.3, -0.25) is 0 Å². The van der Waals surface area contributed by atoms with Gasteiger partial charge < -0.3 is 19.9 Å². The number of benzene rings is 1. The van der Waals surface area contributed by atoms with Gasteiger partial charge in [0.05, 0.1) is 19.8 Å². The van der Waals surface area contributed by atoms with Gasteiger partial charge in [-0.1, -0.05) is 13.3 Å². The van der Waals surface area contributed by atoms with Crippen LogP contribution in [0.2, 0.25) is 0 Å². The summed E-state index contributed by atoms with van der Waals surface area (Å²) in [7, 11) is 1.42. The van der Waals surface area contributed by atoms with E-state index in [4.69, 9.17) is 9.47 Å². The molecule has 0 aliphatic heterocycles. The Balaban J connectivity index is 2.31. The third kappa shape index (κ3) is 5.89. The molecule has 1 rings (SSSR count). The first-order chi connectivity index (χ1) is 9.17. The summed E-state index contributed by atoms with van der Waals surface area (Å²) in [4.78, 5) is 0. The van der Waals surface area contributed by atoms with Crippen molar-refractivity contribution in [2.45, 2.75) is 25.9 Å². The highest BCUT2D eigenvalue weighted by molar-refractivity contribution is 5.48. The van der Waals surface area contributed by atoms with Gasteiger partial charge in [-0.15, -0.1) is 0 Å². The van der Waals surface area contributed by atoms with Gasteiger partial charge in [-0.25, -0.2) is 4.39 Å². The van der Waals surface area contributed by atoms with Crippen molar-refractivity contribution in [1.82, 2.24) is 0 Å². The summed E-state index contributed by atoms with van der Waals surface area (Å²) in [6, 6.07) is 4.48. The molecule has 0 saturated carbocycles. The van der Waals surface area contributed by atoms with Crippen LogP contribution in [0.15, 0.2) is 18.2 Å². The quantitative estimate of drug-likeness (QED) is 0.677. The third-order valence-corrected chi connectivity index (χ3v) is 2.65. The Morgan fingerprint density at radius 1 is 1.42 bits per heavy atom. The second-order valence-corrected chi connectivity index (χ2v) is 4.31. The molecular formula is C14H22FNO3. The Hall–Kier alpha value is -1.33. The van der Waals surface area contributed by atoms with Crippen molar-refractivity contribution in [3.05, 3.63) is 24.0 Å². The number of aliphatic hydroxyl groups is 1. The molecule has 0 heterocycles. The molecule has 19 heavy (non-hydrogen) atoms. The summed E-state index contributed by atoms with van der Waals surface area (Å²) in [6.07, 6.45) is 1.48. The van der Waals surface area contributed by atoms with E-state index in [0.717, 1.165) is 12.8 Å². The number of hydrogen-bond acceptors (Lipinski definition) is 4. The van der Waals surface area contributed by atoms with Gasteiger partial charge in [0.2, 0.25) is 0 Å². The maximum Gasteiger partial charge on any atom is 0.165 e. The molecular weight excluding hydrogens is 249 g/mol. The lowest BCUT2D eigenvalue weighted by Crippen LogP contribution is -2.25. The Labute approximate surface area is 113 Å². The molecule has 4 nitrogen and oxygen atoms in total. The van der Waals surface area contributed by atoms with Gasteiger partial charge in [0.25, 0.3) is 0 Å². The van der Waals surface area contributed by atoms with Crippen LogP contribution in [0.4, 0.5) is 10.1 Å². The molecule has 0 amide bonds. The molecule has 0 fully saturated rings. The topological polar surface area (TPSA) is 50.7 Å². The van der Waals surface area contributed by atoms with Gasteiger partial charge in [-0.05, 0) is 18.6 Å². The first-order valence-electron chi connectivity index (χ1n) is 6.50. The van der Waals surface area contributed by atoms with Crippen molar-refractivity contribution in [3.63, 3.8) is 0 Å². The minimum absolute atomic E-state index is 0.179. The van der Waals surface area contributed by atoms with Crippen LogP contribution in [-0.2, 0) is 4.74 Å². The predicted molar refractivity (Wildman–Crippen MR) is 73.2 cm³/mol. The van der Waals surface area contributed by atoms with Crippen LogP contribution in [0.25, 0.3) is 0 Å². The zero-order valence-electron chi connectivity index (χ0n) is 11.5. The first-order valence-corrected chi connectivity index (χ1v) is 6.50. The molecule has 0 spiro atoms. The first kappa shape index (κ1) is 15.7. The minimum Gasteiger partial charge on any atom is -0.494 e. The molecule has 1 aromatic carbocycles. The smallest absolute Gasteiger partial charge is 0.165 e. The molecule has 1 aromatic rings. The van der Waals surface area contributed by atoms with E-state index >= 15 is 0 Å². The van der Waals surface area contributed by atoms with E-state index in [-0.39, 0.29) is 5.75 Å². The molecule has 2 N–H and O–H groups in total. The molecule has 5 heteroatoms. The van der Waals surface area contributed by atoms with Crippen LogP contribution in [-0.4, -0.2) is 38.1 Å². The van der Waals surface area contributed by atoms with Crippen LogP contribution in [0, 0.1) is 5.82 Å². The average Bonchev–Trinajstić information content (AvgIpc) is 2.42. The largest absolute Gasteiger partial charge is 0.494 e. The number of aliphatic hydroxyl groups excluding tert-OH is 1. The molecule has 0 aliphatic carbocycles. The van der Waals surface area contributed by atoms with Gasteiger partial charge in [0.1, 0.15) is 0 Å². The summed E-state index contributed by atoms with van der Waals surface area (Å²) in [5.41, 5.74) is 0.700. The number of unbranched alkanes of at least 4 members (excludes halogenated alkanes) is 1. The van der Waals surface area contributed by atoms with Crippen LogP contribution < -0.4 is 10.1 Å². The Bertz CT molecular complexity index is 374. The Morgan fingerprint density at radius 2 is 2.21 bits per heavy atom. The zero-order valence-corrected chi connectivity index (χ0v) is 11.5. The normalized spacial score (nSPS) is 12.2. The SMILES string of the molecule is CCCCOCC(O)CNc1ccc(F)c(OC)c1. The van der Waals surface area contributed by atoms with E-state index in [1.807, 2.05) is 0 Å². The maximum atomic E-state index is 13.2. The van der Waals surface area contributed by atoms with E-state index in [0.29, 0.717) is 25.4 Å². The fourth-order valence-electron chi connectivity index (χ4n) is 1.53. The summed E-state index contributed by atoms with van der Waals surface area (Å²) in [5, 5.41) is 12.7.